The van der Waals surface area contributed by atoms with Crippen molar-refractivity contribution in [1.82, 2.24) is 5.32 Å². The molecule has 5 nitrogen and oxygen atoms in total. The molecule has 1 amide bonds. The maximum absolute atomic E-state index is 11.9. The molecular formula is C19H20N2O3. The van der Waals surface area contributed by atoms with Crippen LogP contribution in [0.4, 0.5) is 0 Å². The lowest BCUT2D eigenvalue weighted by Crippen LogP contribution is -2.34. The quantitative estimate of drug-likeness (QED) is 0.776. The molecule has 0 heterocycles. The van der Waals surface area contributed by atoms with Crippen molar-refractivity contribution in [2.24, 2.45) is 0 Å². The second-order valence-corrected chi connectivity index (χ2v) is 5.42. The van der Waals surface area contributed by atoms with Gasteiger partial charge in [0.1, 0.15) is 11.8 Å². The van der Waals surface area contributed by atoms with E-state index in [9.17, 15) is 9.90 Å². The van der Waals surface area contributed by atoms with Crippen LogP contribution in [0.1, 0.15) is 11.1 Å². The lowest BCUT2D eigenvalue weighted by atomic mass is 10.1. The average molecular weight is 324 g/mol. The van der Waals surface area contributed by atoms with Gasteiger partial charge in [0.25, 0.3) is 0 Å². The predicted molar refractivity (Wildman–Crippen MR) is 90.4 cm³/mol. The van der Waals surface area contributed by atoms with Gasteiger partial charge in [-0.3, -0.25) is 4.79 Å². The molecule has 0 aliphatic carbocycles. The summed E-state index contributed by atoms with van der Waals surface area (Å²) in [6.07, 6.45) is 0.126. The third-order valence-electron chi connectivity index (χ3n) is 3.44. The molecule has 1 unspecified atom stereocenters. The van der Waals surface area contributed by atoms with Gasteiger partial charge >= 0.3 is 0 Å². The summed E-state index contributed by atoms with van der Waals surface area (Å²) in [7, 11) is 0. The van der Waals surface area contributed by atoms with Crippen LogP contribution < -0.4 is 10.1 Å². The minimum Gasteiger partial charge on any atom is -0.479 e. The molecular weight excluding hydrogens is 304 g/mol. The number of benzene rings is 2. The van der Waals surface area contributed by atoms with Gasteiger partial charge in [-0.05, 0) is 23.3 Å². The summed E-state index contributed by atoms with van der Waals surface area (Å²) in [6.45, 7) is 0.218. The van der Waals surface area contributed by atoms with E-state index in [4.69, 9.17) is 10.00 Å². The zero-order valence-electron chi connectivity index (χ0n) is 13.3. The molecule has 0 saturated heterocycles. The first-order valence-electron chi connectivity index (χ1n) is 7.75. The number of carbonyl (C=O) groups excluding carboxylic acids is 1. The number of rotatable bonds is 8. The smallest absolute Gasteiger partial charge is 0.224 e. The number of hydrogen-bond donors (Lipinski definition) is 2. The maximum atomic E-state index is 11.9. The normalized spacial score (nSPS) is 11.3. The number of nitriles is 1. The van der Waals surface area contributed by atoms with Gasteiger partial charge in [0.2, 0.25) is 5.91 Å². The highest BCUT2D eigenvalue weighted by atomic mass is 16.5. The summed E-state index contributed by atoms with van der Waals surface area (Å²) in [5.74, 6) is 0.451. The number of hydrogen-bond acceptors (Lipinski definition) is 4. The number of aliphatic hydroxyl groups excluding tert-OH is 1. The fourth-order valence-corrected chi connectivity index (χ4v) is 2.26. The average Bonchev–Trinajstić information content (AvgIpc) is 2.60. The van der Waals surface area contributed by atoms with Crippen LogP contribution in [0.15, 0.2) is 54.6 Å². The Bertz CT molecular complexity index is 678. The number of carbonyl (C=O) groups is 1. The first kappa shape index (κ1) is 17.5. The van der Waals surface area contributed by atoms with Gasteiger partial charge in [0, 0.05) is 13.0 Å². The van der Waals surface area contributed by atoms with E-state index in [0.29, 0.717) is 12.2 Å². The second kappa shape index (κ2) is 9.33. The largest absolute Gasteiger partial charge is 0.479 e. The van der Waals surface area contributed by atoms with E-state index >= 15 is 0 Å². The molecule has 2 rings (SSSR count). The Labute approximate surface area is 141 Å². The van der Waals surface area contributed by atoms with Crippen molar-refractivity contribution < 1.29 is 14.6 Å². The summed E-state index contributed by atoms with van der Waals surface area (Å²) in [5, 5.41) is 21.2. The third kappa shape index (κ3) is 6.11. The second-order valence-electron chi connectivity index (χ2n) is 5.42. The zero-order valence-corrected chi connectivity index (χ0v) is 13.3. The van der Waals surface area contributed by atoms with Crippen LogP contribution in [0.25, 0.3) is 0 Å². The fraction of sp³-hybridized carbons (Fsp3) is 0.263. The van der Waals surface area contributed by atoms with Gasteiger partial charge in [-0.1, -0.05) is 42.5 Å². The number of nitrogens with one attached hydrogen (secondary N) is 1. The topological polar surface area (TPSA) is 82.3 Å². The van der Waals surface area contributed by atoms with Gasteiger partial charge in [-0.25, -0.2) is 0 Å². The Morgan fingerprint density at radius 3 is 2.50 bits per heavy atom. The summed E-state index contributed by atoms with van der Waals surface area (Å²) in [5.41, 5.74) is 1.88. The van der Waals surface area contributed by atoms with E-state index in [-0.39, 0.29) is 25.5 Å². The minimum absolute atomic E-state index is 0.000858. The molecule has 2 N–H and O–H groups in total. The Balaban J connectivity index is 1.73. The molecule has 0 radical (unpaired) electrons. The summed E-state index contributed by atoms with van der Waals surface area (Å²) < 4.78 is 5.16. The molecule has 1 atom stereocenters. The standard InChI is InChI=1S/C19H20N2O3/c20-10-11-24-18-8-6-16(7-9-18)13-19(23)21-14-17(22)12-15-4-2-1-3-5-15/h1-9,17,22H,11-14H2,(H,21,23). The first-order chi connectivity index (χ1) is 11.7. The number of amides is 1. The maximum Gasteiger partial charge on any atom is 0.224 e. The van der Waals surface area contributed by atoms with Crippen LogP contribution in [0.5, 0.6) is 5.75 Å². The summed E-state index contributed by atoms with van der Waals surface area (Å²) >= 11 is 0. The highest BCUT2D eigenvalue weighted by Crippen LogP contribution is 2.12. The van der Waals surface area contributed by atoms with Crippen molar-refractivity contribution in [3.63, 3.8) is 0 Å². The molecule has 0 aliphatic rings. The number of nitrogens with zero attached hydrogens (tertiary/aromatic N) is 1. The molecule has 0 aliphatic heterocycles. The van der Waals surface area contributed by atoms with Crippen LogP contribution in [0.3, 0.4) is 0 Å². The molecule has 2 aromatic rings. The SMILES string of the molecule is N#CCOc1ccc(CC(=O)NCC(O)Cc2ccccc2)cc1. The van der Waals surface area contributed by atoms with E-state index in [1.807, 2.05) is 36.4 Å². The number of aliphatic hydroxyl groups is 1. The predicted octanol–water partition coefficient (Wildman–Crippen LogP) is 1.85. The van der Waals surface area contributed by atoms with E-state index < -0.39 is 6.10 Å². The Kier molecular flexibility index (Phi) is 6.81. The zero-order chi connectivity index (χ0) is 17.2. The van der Waals surface area contributed by atoms with Crippen molar-refractivity contribution >= 4 is 5.91 Å². The highest BCUT2D eigenvalue weighted by Gasteiger charge is 2.09. The van der Waals surface area contributed by atoms with Crippen LogP contribution >= 0.6 is 0 Å². The van der Waals surface area contributed by atoms with E-state index in [2.05, 4.69) is 5.32 Å². The molecule has 0 spiro atoms. The molecule has 0 bridgehead atoms. The summed E-state index contributed by atoms with van der Waals surface area (Å²) in [6, 6.07) is 18.6. The van der Waals surface area contributed by atoms with Crippen LogP contribution in [-0.2, 0) is 17.6 Å². The van der Waals surface area contributed by atoms with Crippen LogP contribution in [0, 0.1) is 11.3 Å². The van der Waals surface area contributed by atoms with Crippen molar-refractivity contribution in [2.75, 3.05) is 13.2 Å². The minimum atomic E-state index is -0.613. The highest BCUT2D eigenvalue weighted by molar-refractivity contribution is 5.78. The van der Waals surface area contributed by atoms with Crippen LogP contribution in [0.2, 0.25) is 0 Å². The van der Waals surface area contributed by atoms with Crippen molar-refractivity contribution in [3.8, 4) is 11.8 Å². The van der Waals surface area contributed by atoms with Gasteiger partial charge in [-0.15, -0.1) is 0 Å². The van der Waals surface area contributed by atoms with Gasteiger partial charge in [-0.2, -0.15) is 5.26 Å². The molecule has 0 aromatic heterocycles. The fourth-order valence-electron chi connectivity index (χ4n) is 2.26. The summed E-state index contributed by atoms with van der Waals surface area (Å²) in [4.78, 5) is 11.9. The third-order valence-corrected chi connectivity index (χ3v) is 3.44. The lowest BCUT2D eigenvalue weighted by molar-refractivity contribution is -0.120. The molecule has 124 valence electrons. The Morgan fingerprint density at radius 2 is 1.83 bits per heavy atom. The molecule has 0 fully saturated rings. The van der Waals surface area contributed by atoms with Crippen molar-refractivity contribution in [3.05, 3.63) is 65.7 Å². The number of ether oxygens (including phenoxy) is 1. The molecule has 24 heavy (non-hydrogen) atoms. The van der Waals surface area contributed by atoms with E-state index in [0.717, 1.165) is 11.1 Å². The Hall–Kier alpha value is -2.84. The van der Waals surface area contributed by atoms with Crippen LogP contribution in [-0.4, -0.2) is 30.3 Å². The van der Waals surface area contributed by atoms with Crippen molar-refractivity contribution in [1.29, 1.82) is 5.26 Å². The monoisotopic (exact) mass is 324 g/mol. The van der Waals surface area contributed by atoms with Gasteiger partial charge in [0.05, 0.1) is 12.5 Å². The lowest BCUT2D eigenvalue weighted by Gasteiger charge is -2.12. The van der Waals surface area contributed by atoms with Gasteiger partial charge in [0.15, 0.2) is 6.61 Å². The van der Waals surface area contributed by atoms with E-state index in [1.54, 1.807) is 24.3 Å². The molecule has 2 aromatic carbocycles. The molecule has 0 saturated carbocycles. The van der Waals surface area contributed by atoms with Gasteiger partial charge < -0.3 is 15.2 Å². The Morgan fingerprint density at radius 1 is 1.12 bits per heavy atom. The van der Waals surface area contributed by atoms with E-state index in [1.165, 1.54) is 0 Å². The van der Waals surface area contributed by atoms with Crippen molar-refractivity contribution in [2.45, 2.75) is 18.9 Å². The molecule has 5 heteroatoms. The first-order valence-corrected chi connectivity index (χ1v) is 7.75.